The van der Waals surface area contributed by atoms with Crippen LogP contribution in [0.4, 0.5) is 0 Å². The fourth-order valence-electron chi connectivity index (χ4n) is 3.62. The van der Waals surface area contributed by atoms with Crippen molar-refractivity contribution >= 4 is 22.9 Å². The minimum Gasteiger partial charge on any atom is -0.508 e. The van der Waals surface area contributed by atoms with Crippen LogP contribution in [0.25, 0.3) is 28.2 Å². The fourth-order valence-corrected chi connectivity index (χ4v) is 3.62. The van der Waals surface area contributed by atoms with Crippen molar-refractivity contribution in [3.05, 3.63) is 83.9 Å². The number of phenolic OH excluding ortho intramolecular Hbond substituents is 1. The first-order valence-electron chi connectivity index (χ1n) is 8.88. The molecule has 0 amide bonds. The quantitative estimate of drug-likeness (QED) is 0.527. The zero-order valence-corrected chi connectivity index (χ0v) is 15.1. The second-order valence-electron chi connectivity index (χ2n) is 6.74. The van der Waals surface area contributed by atoms with E-state index in [4.69, 9.17) is 4.74 Å². The molecule has 0 aliphatic carbocycles. The number of aromatic hydroxyl groups is 1. The number of Topliss-reactive ketones (excluding diaryl/α,β-unsaturated/α-hetero) is 1. The van der Waals surface area contributed by atoms with Crippen LogP contribution in [0.1, 0.15) is 15.9 Å². The molecule has 136 valence electrons. The van der Waals surface area contributed by atoms with Gasteiger partial charge in [0.1, 0.15) is 17.1 Å². The Hall–Kier alpha value is -3.86. The second kappa shape index (κ2) is 6.09. The minimum atomic E-state index is -0.243. The maximum Gasteiger partial charge on any atom is 0.232 e. The summed E-state index contributed by atoms with van der Waals surface area (Å²) in [5.74, 6) is 0.484. The molecule has 0 fully saturated rings. The Labute approximate surface area is 161 Å². The summed E-state index contributed by atoms with van der Waals surface area (Å²) in [4.78, 5) is 17.2. The molecule has 4 aromatic rings. The first-order chi connectivity index (χ1) is 13.6. The number of carbonyl (C=O) groups excluding carboxylic acids is 1. The standard InChI is InChI=1S/C23H16N2O3/c1-25-13-15(11-20-22(27)18-12-16(26)7-8-19(18)28-20)21-17(9-10-24-23(21)25)14-5-3-2-4-6-14/h2-13,26H,1H3/b20-11-. The molecule has 0 saturated carbocycles. The number of aryl methyl sites for hydroxylation is 1. The van der Waals surface area contributed by atoms with Gasteiger partial charge in [0.25, 0.3) is 0 Å². The third-order valence-corrected chi connectivity index (χ3v) is 4.91. The summed E-state index contributed by atoms with van der Waals surface area (Å²) in [6, 6.07) is 16.6. The summed E-state index contributed by atoms with van der Waals surface area (Å²) in [6.45, 7) is 0. The number of benzene rings is 2. The normalized spacial score (nSPS) is 14.5. The average Bonchev–Trinajstić information content (AvgIpc) is 3.20. The van der Waals surface area contributed by atoms with Gasteiger partial charge in [-0.05, 0) is 41.5 Å². The largest absolute Gasteiger partial charge is 0.508 e. The Kier molecular flexibility index (Phi) is 3.55. The first-order valence-corrected chi connectivity index (χ1v) is 8.88. The van der Waals surface area contributed by atoms with E-state index in [1.165, 1.54) is 12.1 Å². The molecule has 3 heterocycles. The summed E-state index contributed by atoms with van der Waals surface area (Å²) in [5, 5.41) is 10.6. The predicted molar refractivity (Wildman–Crippen MR) is 107 cm³/mol. The number of nitrogens with zero attached hydrogens (tertiary/aromatic N) is 2. The van der Waals surface area contributed by atoms with E-state index in [2.05, 4.69) is 17.1 Å². The lowest BCUT2D eigenvalue weighted by Gasteiger charge is -2.05. The summed E-state index contributed by atoms with van der Waals surface area (Å²) < 4.78 is 7.69. The molecule has 1 aliphatic heterocycles. The monoisotopic (exact) mass is 368 g/mol. The molecule has 0 atom stereocenters. The number of ketones is 1. The van der Waals surface area contributed by atoms with E-state index in [9.17, 15) is 9.90 Å². The van der Waals surface area contributed by atoms with Crippen LogP contribution in [0.15, 0.2) is 72.8 Å². The summed E-state index contributed by atoms with van der Waals surface area (Å²) >= 11 is 0. The zero-order valence-electron chi connectivity index (χ0n) is 15.1. The molecule has 5 rings (SSSR count). The van der Waals surface area contributed by atoms with E-state index in [1.807, 2.05) is 42.1 Å². The van der Waals surface area contributed by atoms with Gasteiger partial charge in [-0.3, -0.25) is 4.79 Å². The molecular weight excluding hydrogens is 352 g/mol. The zero-order chi connectivity index (χ0) is 19.3. The molecule has 2 aromatic carbocycles. The van der Waals surface area contributed by atoms with Gasteiger partial charge >= 0.3 is 0 Å². The Morgan fingerprint density at radius 1 is 1.07 bits per heavy atom. The van der Waals surface area contributed by atoms with Crippen LogP contribution in [0.3, 0.4) is 0 Å². The summed E-state index contributed by atoms with van der Waals surface area (Å²) in [5.41, 5.74) is 4.16. The van der Waals surface area contributed by atoms with Crippen LogP contribution in [0.5, 0.6) is 11.5 Å². The molecule has 1 aliphatic rings. The molecule has 0 bridgehead atoms. The highest BCUT2D eigenvalue weighted by atomic mass is 16.5. The van der Waals surface area contributed by atoms with E-state index < -0.39 is 0 Å². The highest BCUT2D eigenvalue weighted by molar-refractivity contribution is 6.15. The lowest BCUT2D eigenvalue weighted by Crippen LogP contribution is -1.98. The van der Waals surface area contributed by atoms with Crippen molar-refractivity contribution < 1.29 is 14.6 Å². The first kappa shape index (κ1) is 16.3. The molecule has 0 saturated heterocycles. The number of ether oxygens (including phenoxy) is 1. The Balaban J connectivity index is 1.69. The van der Waals surface area contributed by atoms with Crippen LogP contribution in [0.2, 0.25) is 0 Å². The van der Waals surface area contributed by atoms with Crippen LogP contribution in [-0.4, -0.2) is 20.4 Å². The molecule has 0 spiro atoms. The fraction of sp³-hybridized carbons (Fsp3) is 0.0435. The molecule has 28 heavy (non-hydrogen) atoms. The maximum absolute atomic E-state index is 12.7. The number of allylic oxidation sites excluding steroid dienone is 1. The van der Waals surface area contributed by atoms with Crippen LogP contribution >= 0.6 is 0 Å². The number of hydrogen-bond donors (Lipinski definition) is 1. The van der Waals surface area contributed by atoms with Gasteiger partial charge in [0.05, 0.1) is 5.56 Å². The Morgan fingerprint density at radius 2 is 1.89 bits per heavy atom. The number of rotatable bonds is 2. The smallest absolute Gasteiger partial charge is 0.232 e. The van der Waals surface area contributed by atoms with Gasteiger partial charge in [-0.25, -0.2) is 4.98 Å². The molecule has 2 aromatic heterocycles. The van der Waals surface area contributed by atoms with E-state index in [0.717, 1.165) is 27.7 Å². The van der Waals surface area contributed by atoms with Gasteiger partial charge in [0.2, 0.25) is 5.78 Å². The van der Waals surface area contributed by atoms with Crippen molar-refractivity contribution in [2.75, 3.05) is 0 Å². The number of phenols is 1. The molecule has 5 nitrogen and oxygen atoms in total. The lowest BCUT2D eigenvalue weighted by atomic mass is 10.0. The van der Waals surface area contributed by atoms with Crippen LogP contribution in [0, 0.1) is 0 Å². The van der Waals surface area contributed by atoms with Crippen molar-refractivity contribution in [1.29, 1.82) is 0 Å². The third-order valence-electron chi connectivity index (χ3n) is 4.91. The van der Waals surface area contributed by atoms with Crippen molar-refractivity contribution in [2.24, 2.45) is 7.05 Å². The lowest BCUT2D eigenvalue weighted by molar-refractivity contribution is 0.101. The van der Waals surface area contributed by atoms with Gasteiger partial charge in [0, 0.05) is 30.4 Å². The third kappa shape index (κ3) is 2.48. The molecular formula is C23H16N2O3. The van der Waals surface area contributed by atoms with Crippen molar-refractivity contribution in [2.45, 2.75) is 0 Å². The Morgan fingerprint density at radius 3 is 2.71 bits per heavy atom. The molecule has 1 N–H and O–H groups in total. The van der Waals surface area contributed by atoms with Gasteiger partial charge in [-0.1, -0.05) is 30.3 Å². The topological polar surface area (TPSA) is 64.3 Å². The van der Waals surface area contributed by atoms with Gasteiger partial charge in [-0.15, -0.1) is 0 Å². The summed E-state index contributed by atoms with van der Waals surface area (Å²) in [7, 11) is 1.93. The SMILES string of the molecule is Cn1cc(/C=C2\Oc3ccc(O)cc3C2=O)c2c(-c3ccccc3)ccnc21. The number of fused-ring (bicyclic) bond motifs is 2. The second-order valence-corrected chi connectivity index (χ2v) is 6.74. The Bertz CT molecular complexity index is 1270. The van der Waals surface area contributed by atoms with Crippen molar-refractivity contribution in [1.82, 2.24) is 9.55 Å². The van der Waals surface area contributed by atoms with Crippen LogP contribution in [-0.2, 0) is 7.05 Å². The summed E-state index contributed by atoms with van der Waals surface area (Å²) in [6.07, 6.45) is 5.47. The van der Waals surface area contributed by atoms with E-state index in [-0.39, 0.29) is 17.3 Å². The van der Waals surface area contributed by atoms with E-state index in [0.29, 0.717) is 11.3 Å². The van der Waals surface area contributed by atoms with E-state index in [1.54, 1.807) is 18.3 Å². The molecule has 5 heteroatoms. The van der Waals surface area contributed by atoms with Gasteiger partial charge in [-0.2, -0.15) is 0 Å². The average molecular weight is 368 g/mol. The molecule has 0 unspecified atom stereocenters. The number of hydrogen-bond acceptors (Lipinski definition) is 4. The number of carbonyl (C=O) groups is 1. The highest BCUT2D eigenvalue weighted by Gasteiger charge is 2.28. The van der Waals surface area contributed by atoms with Crippen LogP contribution < -0.4 is 4.74 Å². The molecule has 0 radical (unpaired) electrons. The number of pyridine rings is 1. The van der Waals surface area contributed by atoms with Crippen molar-refractivity contribution in [3.8, 4) is 22.6 Å². The minimum absolute atomic E-state index is 0.0395. The highest BCUT2D eigenvalue weighted by Crippen LogP contribution is 2.36. The van der Waals surface area contributed by atoms with E-state index >= 15 is 0 Å². The van der Waals surface area contributed by atoms with Crippen molar-refractivity contribution in [3.63, 3.8) is 0 Å². The van der Waals surface area contributed by atoms with Gasteiger partial charge < -0.3 is 14.4 Å². The van der Waals surface area contributed by atoms with Gasteiger partial charge in [0.15, 0.2) is 5.76 Å². The predicted octanol–water partition coefficient (Wildman–Crippen LogP) is 4.56. The maximum atomic E-state index is 12.7. The number of aromatic nitrogens is 2.